The van der Waals surface area contributed by atoms with E-state index in [1.807, 2.05) is 27.0 Å². The van der Waals surface area contributed by atoms with Crippen LogP contribution in [0.25, 0.3) is 0 Å². The van der Waals surface area contributed by atoms with E-state index >= 15 is 0 Å². The van der Waals surface area contributed by atoms with Gasteiger partial charge in [0.25, 0.3) is 0 Å². The van der Waals surface area contributed by atoms with Crippen LogP contribution in [-0.4, -0.2) is 20.9 Å². The molecule has 0 aromatic carbocycles. The first-order valence-electron chi connectivity index (χ1n) is 4.67. The molecule has 1 saturated carbocycles. The number of carboxylic acids is 1. The Morgan fingerprint density at radius 3 is 2.64 bits per heavy atom. The monoisotopic (exact) mass is 194 g/mol. The molecule has 1 aromatic rings. The van der Waals surface area contributed by atoms with E-state index in [-0.39, 0.29) is 17.3 Å². The number of carbonyl (C=O) groups is 1. The van der Waals surface area contributed by atoms with Crippen LogP contribution in [0.15, 0.2) is 12.3 Å². The number of carboxylic acid groups (broad SMARTS) is 1. The van der Waals surface area contributed by atoms with Crippen molar-refractivity contribution >= 4 is 5.97 Å². The van der Waals surface area contributed by atoms with Crippen LogP contribution in [0.5, 0.6) is 0 Å². The van der Waals surface area contributed by atoms with Gasteiger partial charge in [0.05, 0.1) is 5.92 Å². The molecular weight excluding hydrogens is 180 g/mol. The van der Waals surface area contributed by atoms with Crippen molar-refractivity contribution in [2.75, 3.05) is 0 Å². The van der Waals surface area contributed by atoms with Crippen LogP contribution >= 0.6 is 0 Å². The molecule has 1 heterocycles. The fourth-order valence-corrected chi connectivity index (χ4v) is 2.34. The van der Waals surface area contributed by atoms with Crippen molar-refractivity contribution in [1.29, 1.82) is 0 Å². The Kier molecular flexibility index (Phi) is 1.71. The molecule has 2 atom stereocenters. The van der Waals surface area contributed by atoms with E-state index in [1.54, 1.807) is 10.9 Å². The molecule has 2 rings (SSSR count). The second-order valence-electron chi connectivity index (χ2n) is 4.49. The molecule has 0 bridgehead atoms. The Hall–Kier alpha value is -1.32. The molecule has 76 valence electrons. The van der Waals surface area contributed by atoms with E-state index in [4.69, 9.17) is 5.11 Å². The highest BCUT2D eigenvalue weighted by Crippen LogP contribution is 2.64. The molecule has 0 unspecified atom stereocenters. The molecule has 0 spiro atoms. The fraction of sp³-hybridized carbons (Fsp3) is 0.600. The molecule has 1 aromatic heterocycles. The number of hydrogen-bond acceptors (Lipinski definition) is 2. The third kappa shape index (κ3) is 1.06. The quantitative estimate of drug-likeness (QED) is 0.770. The predicted octanol–water partition coefficient (Wildman–Crippen LogP) is 1.24. The Labute approximate surface area is 82.5 Å². The lowest BCUT2D eigenvalue weighted by Gasteiger charge is -2.02. The van der Waals surface area contributed by atoms with Crippen molar-refractivity contribution in [3.63, 3.8) is 0 Å². The molecule has 1 aliphatic rings. The van der Waals surface area contributed by atoms with E-state index in [0.717, 1.165) is 5.69 Å². The number of aromatic nitrogens is 2. The normalized spacial score (nSPS) is 28.8. The lowest BCUT2D eigenvalue weighted by molar-refractivity contribution is -0.139. The van der Waals surface area contributed by atoms with Crippen LogP contribution in [0.4, 0.5) is 0 Å². The standard InChI is InChI=1S/C10H14N2O2/c1-10(2)7(8(10)9(13)14)6-4-5-11-12(6)3/h4-5,7-8H,1-3H3,(H,13,14)/t7-,8+/m0/s1. The van der Waals surface area contributed by atoms with Gasteiger partial charge in [-0.1, -0.05) is 13.8 Å². The largest absolute Gasteiger partial charge is 0.481 e. The summed E-state index contributed by atoms with van der Waals surface area (Å²) in [5.74, 6) is -0.869. The highest BCUT2D eigenvalue weighted by atomic mass is 16.4. The van der Waals surface area contributed by atoms with E-state index in [2.05, 4.69) is 5.10 Å². The van der Waals surface area contributed by atoms with Gasteiger partial charge in [0, 0.05) is 24.9 Å². The number of aliphatic carboxylic acids is 1. The van der Waals surface area contributed by atoms with Gasteiger partial charge in [-0.2, -0.15) is 5.10 Å². The average Bonchev–Trinajstić information content (AvgIpc) is 2.42. The summed E-state index contributed by atoms with van der Waals surface area (Å²) in [4.78, 5) is 11.0. The van der Waals surface area contributed by atoms with Crippen molar-refractivity contribution in [1.82, 2.24) is 9.78 Å². The van der Waals surface area contributed by atoms with Crippen molar-refractivity contribution in [3.8, 4) is 0 Å². The maximum absolute atomic E-state index is 11.0. The molecule has 0 saturated heterocycles. The van der Waals surface area contributed by atoms with Crippen molar-refractivity contribution in [2.24, 2.45) is 18.4 Å². The fourth-order valence-electron chi connectivity index (χ4n) is 2.34. The molecule has 0 radical (unpaired) electrons. The highest BCUT2D eigenvalue weighted by Gasteiger charge is 2.63. The summed E-state index contributed by atoms with van der Waals surface area (Å²) in [6.45, 7) is 3.98. The first-order chi connectivity index (χ1) is 6.46. The molecule has 1 aliphatic carbocycles. The summed E-state index contributed by atoms with van der Waals surface area (Å²) in [5.41, 5.74) is 0.877. The Morgan fingerprint density at radius 2 is 2.29 bits per heavy atom. The van der Waals surface area contributed by atoms with Gasteiger partial charge in [-0.25, -0.2) is 0 Å². The van der Waals surface area contributed by atoms with Crippen LogP contribution in [-0.2, 0) is 11.8 Å². The van der Waals surface area contributed by atoms with Crippen molar-refractivity contribution < 1.29 is 9.90 Å². The van der Waals surface area contributed by atoms with Crippen LogP contribution in [0.3, 0.4) is 0 Å². The average molecular weight is 194 g/mol. The number of rotatable bonds is 2. The minimum absolute atomic E-state index is 0.104. The molecular formula is C10H14N2O2. The van der Waals surface area contributed by atoms with Gasteiger partial charge in [0.2, 0.25) is 0 Å². The summed E-state index contributed by atoms with van der Waals surface area (Å²) < 4.78 is 1.76. The summed E-state index contributed by atoms with van der Waals surface area (Å²) >= 11 is 0. The Balaban J connectivity index is 2.32. The summed E-state index contributed by atoms with van der Waals surface area (Å²) in [7, 11) is 1.85. The van der Waals surface area contributed by atoms with Crippen LogP contribution in [0.2, 0.25) is 0 Å². The molecule has 0 amide bonds. The highest BCUT2D eigenvalue weighted by molar-refractivity contribution is 5.77. The molecule has 1 N–H and O–H groups in total. The van der Waals surface area contributed by atoms with E-state index < -0.39 is 5.97 Å². The number of nitrogens with zero attached hydrogens (tertiary/aromatic N) is 2. The maximum atomic E-state index is 11.0. The molecule has 0 aliphatic heterocycles. The molecule has 4 heteroatoms. The van der Waals surface area contributed by atoms with Crippen molar-refractivity contribution in [2.45, 2.75) is 19.8 Å². The predicted molar refractivity (Wildman–Crippen MR) is 50.9 cm³/mol. The lowest BCUT2D eigenvalue weighted by Crippen LogP contribution is -2.03. The molecule has 1 fully saturated rings. The van der Waals surface area contributed by atoms with Gasteiger partial charge in [-0.3, -0.25) is 9.48 Å². The second-order valence-corrected chi connectivity index (χ2v) is 4.49. The number of aryl methyl sites for hydroxylation is 1. The minimum Gasteiger partial charge on any atom is -0.481 e. The summed E-state index contributed by atoms with van der Waals surface area (Å²) in [5, 5.41) is 13.1. The Morgan fingerprint density at radius 1 is 1.64 bits per heavy atom. The third-order valence-corrected chi connectivity index (χ3v) is 3.27. The van der Waals surface area contributed by atoms with Crippen LogP contribution in [0.1, 0.15) is 25.5 Å². The van der Waals surface area contributed by atoms with Gasteiger partial charge in [-0.15, -0.1) is 0 Å². The summed E-state index contributed by atoms with van der Waals surface area (Å²) in [6, 6.07) is 1.90. The van der Waals surface area contributed by atoms with E-state index in [9.17, 15) is 4.79 Å². The topological polar surface area (TPSA) is 55.1 Å². The van der Waals surface area contributed by atoms with Gasteiger partial charge in [0.15, 0.2) is 0 Å². The van der Waals surface area contributed by atoms with Gasteiger partial charge in [0.1, 0.15) is 0 Å². The minimum atomic E-state index is -0.707. The third-order valence-electron chi connectivity index (χ3n) is 3.27. The zero-order chi connectivity index (χ0) is 10.5. The zero-order valence-electron chi connectivity index (χ0n) is 8.56. The SMILES string of the molecule is Cn1nccc1[C@H]1[C@H](C(=O)O)C1(C)C. The van der Waals surface area contributed by atoms with E-state index in [1.165, 1.54) is 0 Å². The maximum Gasteiger partial charge on any atom is 0.307 e. The smallest absolute Gasteiger partial charge is 0.307 e. The summed E-state index contributed by atoms with van der Waals surface area (Å²) in [6.07, 6.45) is 1.71. The molecule has 4 nitrogen and oxygen atoms in total. The first kappa shape index (κ1) is 9.24. The van der Waals surface area contributed by atoms with Gasteiger partial charge >= 0.3 is 5.97 Å². The zero-order valence-corrected chi connectivity index (χ0v) is 8.56. The van der Waals surface area contributed by atoms with Gasteiger partial charge < -0.3 is 5.11 Å². The van der Waals surface area contributed by atoms with Crippen LogP contribution < -0.4 is 0 Å². The second kappa shape index (κ2) is 2.59. The van der Waals surface area contributed by atoms with Crippen molar-refractivity contribution in [3.05, 3.63) is 18.0 Å². The Bertz CT molecular complexity index is 381. The first-order valence-corrected chi connectivity index (χ1v) is 4.67. The molecule has 14 heavy (non-hydrogen) atoms. The van der Waals surface area contributed by atoms with Gasteiger partial charge in [-0.05, 0) is 11.5 Å². The number of hydrogen-bond donors (Lipinski definition) is 1. The van der Waals surface area contributed by atoms with Crippen LogP contribution in [0, 0.1) is 11.3 Å². The van der Waals surface area contributed by atoms with E-state index in [0.29, 0.717) is 0 Å². The lowest BCUT2D eigenvalue weighted by atomic mass is 10.1.